The van der Waals surface area contributed by atoms with Gasteiger partial charge in [0.25, 0.3) is 5.91 Å². The van der Waals surface area contributed by atoms with Crippen LogP contribution in [0.25, 0.3) is 0 Å². The number of halogens is 2. The molecule has 0 bridgehead atoms. The average Bonchev–Trinajstić information content (AvgIpc) is 2.04. The highest BCUT2D eigenvalue weighted by atomic mass is 35.5. The molecular formula is C8H7ClFNO. The molecular weight excluding hydrogens is 181 g/mol. The number of benzene rings is 1. The highest BCUT2D eigenvalue weighted by molar-refractivity contribution is 6.23. The van der Waals surface area contributed by atoms with Gasteiger partial charge in [-0.25, -0.2) is 4.39 Å². The van der Waals surface area contributed by atoms with Crippen molar-refractivity contribution in [1.82, 2.24) is 4.42 Å². The summed E-state index contributed by atoms with van der Waals surface area (Å²) < 4.78 is 13.3. The highest BCUT2D eigenvalue weighted by Gasteiger charge is 2.08. The fourth-order valence-electron chi connectivity index (χ4n) is 0.770. The molecule has 0 spiro atoms. The fourth-order valence-corrected chi connectivity index (χ4v) is 0.868. The van der Waals surface area contributed by atoms with E-state index in [0.29, 0.717) is 5.56 Å². The third kappa shape index (κ3) is 1.95. The molecule has 0 aliphatic heterocycles. The maximum atomic E-state index is 12.4. The van der Waals surface area contributed by atoms with Gasteiger partial charge in [-0.05, 0) is 24.3 Å². The number of hydrogen-bond donors (Lipinski definition) is 0. The van der Waals surface area contributed by atoms with Crippen LogP contribution in [-0.2, 0) is 0 Å². The van der Waals surface area contributed by atoms with Gasteiger partial charge in [-0.1, -0.05) is 0 Å². The van der Waals surface area contributed by atoms with E-state index in [1.807, 2.05) is 0 Å². The number of hydrogen-bond acceptors (Lipinski definition) is 1. The molecule has 4 heteroatoms. The van der Waals surface area contributed by atoms with Crippen LogP contribution in [0.1, 0.15) is 10.4 Å². The molecule has 0 unspecified atom stereocenters. The van der Waals surface area contributed by atoms with E-state index < -0.39 is 0 Å². The smallest absolute Gasteiger partial charge is 0.267 e. The van der Waals surface area contributed by atoms with E-state index in [1.54, 1.807) is 0 Å². The molecule has 1 aromatic rings. The van der Waals surface area contributed by atoms with Crippen molar-refractivity contribution in [2.75, 3.05) is 7.05 Å². The summed E-state index contributed by atoms with van der Waals surface area (Å²) in [7, 11) is 1.42. The molecule has 0 atom stereocenters. The Morgan fingerprint density at radius 2 is 1.92 bits per heavy atom. The topological polar surface area (TPSA) is 20.3 Å². The maximum absolute atomic E-state index is 12.4. The van der Waals surface area contributed by atoms with Crippen molar-refractivity contribution in [1.29, 1.82) is 0 Å². The third-order valence-corrected chi connectivity index (χ3v) is 1.52. The minimum atomic E-state index is -0.372. The number of rotatable bonds is 1. The zero-order valence-corrected chi connectivity index (χ0v) is 7.18. The monoisotopic (exact) mass is 187 g/mol. The van der Waals surface area contributed by atoms with Gasteiger partial charge >= 0.3 is 0 Å². The third-order valence-electron chi connectivity index (χ3n) is 1.37. The zero-order valence-electron chi connectivity index (χ0n) is 6.42. The van der Waals surface area contributed by atoms with Crippen LogP contribution in [0, 0.1) is 5.82 Å². The molecule has 0 saturated carbocycles. The van der Waals surface area contributed by atoms with Crippen molar-refractivity contribution in [3.05, 3.63) is 35.6 Å². The Bertz CT molecular complexity index is 284. The predicted molar refractivity (Wildman–Crippen MR) is 44.3 cm³/mol. The molecule has 0 aliphatic carbocycles. The molecule has 64 valence electrons. The summed E-state index contributed by atoms with van der Waals surface area (Å²) in [4.78, 5) is 11.1. The first-order valence-corrected chi connectivity index (χ1v) is 3.64. The van der Waals surface area contributed by atoms with Crippen LogP contribution in [0.2, 0.25) is 0 Å². The number of carbonyl (C=O) groups is 1. The standard InChI is InChI=1S/C8H7ClFNO/c1-11(9)8(12)6-2-4-7(10)5-3-6/h2-5H,1H3. The predicted octanol–water partition coefficient (Wildman–Crippen LogP) is 2.05. The van der Waals surface area contributed by atoms with E-state index in [2.05, 4.69) is 0 Å². The van der Waals surface area contributed by atoms with Gasteiger partial charge in [-0.2, -0.15) is 0 Å². The van der Waals surface area contributed by atoms with Crippen LogP contribution in [-0.4, -0.2) is 17.4 Å². The van der Waals surface area contributed by atoms with Crippen LogP contribution in [0.15, 0.2) is 24.3 Å². The molecule has 0 N–H and O–H groups in total. The Morgan fingerprint density at radius 3 is 2.33 bits per heavy atom. The normalized spacial score (nSPS) is 9.58. The summed E-state index contributed by atoms with van der Waals surface area (Å²) in [6.07, 6.45) is 0. The van der Waals surface area contributed by atoms with Crippen molar-refractivity contribution < 1.29 is 9.18 Å². The van der Waals surface area contributed by atoms with Gasteiger partial charge in [0.1, 0.15) is 5.82 Å². The van der Waals surface area contributed by atoms with E-state index in [-0.39, 0.29) is 11.7 Å². The van der Waals surface area contributed by atoms with Crippen molar-refractivity contribution in [2.45, 2.75) is 0 Å². The molecule has 2 nitrogen and oxygen atoms in total. The van der Waals surface area contributed by atoms with Crippen molar-refractivity contribution in [2.24, 2.45) is 0 Å². The molecule has 1 rings (SSSR count). The van der Waals surface area contributed by atoms with E-state index in [1.165, 1.54) is 31.3 Å². The Hall–Kier alpha value is -1.09. The minimum Gasteiger partial charge on any atom is -0.268 e. The van der Waals surface area contributed by atoms with Gasteiger partial charge < -0.3 is 0 Å². The Balaban J connectivity index is 2.90. The molecule has 1 amide bonds. The van der Waals surface area contributed by atoms with Gasteiger partial charge in [0.15, 0.2) is 0 Å². The molecule has 12 heavy (non-hydrogen) atoms. The first-order valence-electron chi connectivity index (χ1n) is 3.30. The van der Waals surface area contributed by atoms with Gasteiger partial charge in [0, 0.05) is 24.4 Å². The quantitative estimate of drug-likeness (QED) is 0.617. The second-order valence-electron chi connectivity index (χ2n) is 2.29. The van der Waals surface area contributed by atoms with Gasteiger partial charge in [0.05, 0.1) is 0 Å². The van der Waals surface area contributed by atoms with E-state index in [9.17, 15) is 9.18 Å². The van der Waals surface area contributed by atoms with E-state index in [4.69, 9.17) is 11.8 Å². The van der Waals surface area contributed by atoms with E-state index >= 15 is 0 Å². The lowest BCUT2D eigenvalue weighted by Crippen LogP contribution is -2.16. The first-order chi connectivity index (χ1) is 5.61. The molecule has 0 heterocycles. The van der Waals surface area contributed by atoms with Crippen molar-refractivity contribution in [3.63, 3.8) is 0 Å². The number of amides is 1. The molecule has 0 saturated heterocycles. The number of nitrogens with zero attached hydrogens (tertiary/aromatic N) is 1. The van der Waals surface area contributed by atoms with Crippen LogP contribution >= 0.6 is 11.8 Å². The molecule has 0 radical (unpaired) electrons. The summed E-state index contributed by atoms with van der Waals surface area (Å²) in [6.45, 7) is 0. The molecule has 0 aromatic heterocycles. The summed E-state index contributed by atoms with van der Waals surface area (Å²) >= 11 is 5.39. The zero-order chi connectivity index (χ0) is 9.14. The number of carbonyl (C=O) groups excluding carboxylic acids is 1. The van der Waals surface area contributed by atoms with Crippen LogP contribution in [0.3, 0.4) is 0 Å². The van der Waals surface area contributed by atoms with Crippen molar-refractivity contribution >= 4 is 17.7 Å². The SMILES string of the molecule is CN(Cl)C(=O)c1ccc(F)cc1. The largest absolute Gasteiger partial charge is 0.268 e. The highest BCUT2D eigenvalue weighted by Crippen LogP contribution is 2.06. The lowest BCUT2D eigenvalue weighted by molar-refractivity contribution is 0.0885. The molecule has 0 aliphatic rings. The van der Waals surface area contributed by atoms with Gasteiger partial charge in [0.2, 0.25) is 0 Å². The van der Waals surface area contributed by atoms with Crippen LogP contribution in [0.5, 0.6) is 0 Å². The van der Waals surface area contributed by atoms with E-state index in [0.717, 1.165) is 4.42 Å². The van der Waals surface area contributed by atoms with Gasteiger partial charge in [-0.15, -0.1) is 0 Å². The lowest BCUT2D eigenvalue weighted by atomic mass is 10.2. The van der Waals surface area contributed by atoms with Crippen LogP contribution < -0.4 is 0 Å². The summed E-state index contributed by atoms with van der Waals surface area (Å²) in [6, 6.07) is 5.20. The summed E-state index contributed by atoms with van der Waals surface area (Å²) in [5, 5.41) is 0. The molecule has 1 aromatic carbocycles. The second-order valence-corrected chi connectivity index (χ2v) is 2.80. The summed E-state index contributed by atoms with van der Waals surface area (Å²) in [5.74, 6) is -0.722. The molecule has 0 fully saturated rings. The van der Waals surface area contributed by atoms with Crippen molar-refractivity contribution in [3.8, 4) is 0 Å². The van der Waals surface area contributed by atoms with Gasteiger partial charge in [-0.3, -0.25) is 9.21 Å². The second kappa shape index (κ2) is 3.54. The fraction of sp³-hybridized carbons (Fsp3) is 0.125. The maximum Gasteiger partial charge on any atom is 0.267 e. The first kappa shape index (κ1) is 9.00. The lowest BCUT2D eigenvalue weighted by Gasteiger charge is -2.05. The minimum absolute atomic E-state index is 0.350. The average molecular weight is 188 g/mol. The Labute approximate surface area is 74.7 Å². The summed E-state index contributed by atoms with van der Waals surface area (Å²) in [5.41, 5.74) is 0.369. The Morgan fingerprint density at radius 1 is 1.42 bits per heavy atom. The van der Waals surface area contributed by atoms with Crippen LogP contribution in [0.4, 0.5) is 4.39 Å². The Kier molecular flexibility index (Phi) is 2.65.